The van der Waals surface area contributed by atoms with E-state index < -0.39 is 0 Å². The van der Waals surface area contributed by atoms with Crippen molar-refractivity contribution in [3.63, 3.8) is 0 Å². The number of aromatic nitrogens is 2. The number of para-hydroxylation sites is 2. The third-order valence-corrected chi connectivity index (χ3v) is 3.95. The van der Waals surface area contributed by atoms with Crippen LogP contribution in [0.4, 0.5) is 0 Å². The first-order valence-corrected chi connectivity index (χ1v) is 7.78. The number of hydrogen-bond acceptors (Lipinski definition) is 1. The molecule has 4 rings (SSSR count). The summed E-state index contributed by atoms with van der Waals surface area (Å²) in [5.74, 6) is 0.231. The third-order valence-electron chi connectivity index (χ3n) is 3.95. The molecule has 0 atom stereocenters. The van der Waals surface area contributed by atoms with Gasteiger partial charge in [-0.05, 0) is 35.4 Å². The molecule has 3 nitrogen and oxygen atoms in total. The molecule has 0 bridgehead atoms. The van der Waals surface area contributed by atoms with Crippen LogP contribution in [0.5, 0.6) is 5.75 Å². The van der Waals surface area contributed by atoms with Gasteiger partial charge in [-0.25, -0.2) is 0 Å². The number of phenolic OH excluding ortho intramolecular Hbond substituents is 1. The van der Waals surface area contributed by atoms with E-state index >= 15 is 0 Å². The van der Waals surface area contributed by atoms with Gasteiger partial charge in [0, 0.05) is 12.4 Å². The van der Waals surface area contributed by atoms with Gasteiger partial charge in [-0.1, -0.05) is 54.6 Å². The van der Waals surface area contributed by atoms with Gasteiger partial charge in [-0.3, -0.25) is 9.13 Å². The Balaban J connectivity index is 1.72. The molecule has 0 radical (unpaired) electrons. The van der Waals surface area contributed by atoms with Crippen LogP contribution in [-0.4, -0.2) is 9.67 Å². The summed E-state index contributed by atoms with van der Waals surface area (Å²) in [6, 6.07) is 25.8. The zero-order chi connectivity index (χ0) is 16.4. The second-order valence-electron chi connectivity index (χ2n) is 5.54. The molecule has 0 aliphatic carbocycles. The lowest BCUT2D eigenvalue weighted by Crippen LogP contribution is -2.28. The Bertz CT molecular complexity index is 974. The van der Waals surface area contributed by atoms with E-state index in [1.807, 2.05) is 59.4 Å². The fourth-order valence-electron chi connectivity index (χ4n) is 2.73. The smallest absolute Gasteiger partial charge is 0.268 e. The van der Waals surface area contributed by atoms with Crippen LogP contribution in [-0.2, 0) is 0 Å². The first-order chi connectivity index (χ1) is 11.8. The van der Waals surface area contributed by atoms with Crippen molar-refractivity contribution in [2.45, 2.75) is 0 Å². The standard InChI is InChI=1S/C21H16N2O/c24-21-12-5-4-11-20(21)23-14-13-22(16-23)19-10-6-9-18(15-19)17-7-2-1-3-8-17/h1-15,24H. The van der Waals surface area contributed by atoms with Gasteiger partial charge in [0.25, 0.3) is 6.33 Å². The maximum absolute atomic E-state index is 9.99. The van der Waals surface area contributed by atoms with Gasteiger partial charge in [-0.15, -0.1) is 0 Å². The van der Waals surface area contributed by atoms with Crippen LogP contribution in [0.3, 0.4) is 0 Å². The lowest BCUT2D eigenvalue weighted by molar-refractivity contribution is -0.599. The van der Waals surface area contributed by atoms with Crippen molar-refractivity contribution in [3.8, 4) is 28.3 Å². The third kappa shape index (κ3) is 2.68. The van der Waals surface area contributed by atoms with Crippen LogP contribution < -0.4 is 4.57 Å². The van der Waals surface area contributed by atoms with Gasteiger partial charge in [0.2, 0.25) is 0 Å². The highest BCUT2D eigenvalue weighted by Gasteiger charge is 2.06. The van der Waals surface area contributed by atoms with Crippen LogP contribution >= 0.6 is 0 Å². The lowest BCUT2D eigenvalue weighted by atomic mass is 10.1. The Morgan fingerprint density at radius 2 is 1.54 bits per heavy atom. The summed E-state index contributed by atoms with van der Waals surface area (Å²) in [6.07, 6.45) is 7.04. The summed E-state index contributed by atoms with van der Waals surface area (Å²) in [7, 11) is 0. The number of nitrogens with zero attached hydrogens (tertiary/aromatic N) is 2. The van der Waals surface area contributed by atoms with Crippen LogP contribution in [0, 0.1) is 6.33 Å². The van der Waals surface area contributed by atoms with Crippen molar-refractivity contribution in [1.29, 1.82) is 0 Å². The quantitative estimate of drug-likeness (QED) is 0.451. The second kappa shape index (κ2) is 6.05. The molecule has 0 saturated carbocycles. The van der Waals surface area contributed by atoms with Crippen molar-refractivity contribution in [1.82, 2.24) is 4.57 Å². The van der Waals surface area contributed by atoms with Gasteiger partial charge in [0.1, 0.15) is 11.4 Å². The van der Waals surface area contributed by atoms with E-state index in [-0.39, 0.29) is 5.75 Å². The number of hydrogen-bond donors (Lipinski definition) is 1. The molecule has 0 aliphatic heterocycles. The minimum absolute atomic E-state index is 0.231. The summed E-state index contributed by atoms with van der Waals surface area (Å²) in [4.78, 5) is 0. The molecule has 3 heteroatoms. The number of rotatable bonds is 3. The Kier molecular flexibility index (Phi) is 3.60. The van der Waals surface area contributed by atoms with E-state index in [0.717, 1.165) is 11.3 Å². The van der Waals surface area contributed by atoms with Gasteiger partial charge < -0.3 is 5.11 Å². The minimum Gasteiger partial charge on any atom is -0.511 e. The first kappa shape index (κ1) is 14.3. The highest BCUT2D eigenvalue weighted by Crippen LogP contribution is 2.22. The Morgan fingerprint density at radius 3 is 2.38 bits per heavy atom. The molecular weight excluding hydrogens is 296 g/mol. The molecule has 4 aromatic rings. The molecule has 1 heterocycles. The van der Waals surface area contributed by atoms with E-state index in [2.05, 4.69) is 30.6 Å². The van der Waals surface area contributed by atoms with Crippen LogP contribution in [0.15, 0.2) is 91.3 Å². The topological polar surface area (TPSA) is 29.0 Å². The largest absolute Gasteiger partial charge is 0.511 e. The molecule has 1 aromatic heterocycles. The molecular formula is C21H16N2O. The van der Waals surface area contributed by atoms with Gasteiger partial charge in [0.05, 0.1) is 5.69 Å². The SMILES string of the molecule is Oc1ccccc1-[n+]1[c-]n(-c2cccc(-c3ccccc3)c2)cc1. The molecule has 3 aromatic carbocycles. The van der Waals surface area contributed by atoms with E-state index in [1.165, 1.54) is 5.56 Å². The average Bonchev–Trinajstić information content (AvgIpc) is 3.13. The Hall–Kier alpha value is -3.33. The van der Waals surface area contributed by atoms with Crippen molar-refractivity contribution < 1.29 is 9.67 Å². The normalized spacial score (nSPS) is 10.7. The lowest BCUT2D eigenvalue weighted by Gasteiger charge is -2.06. The molecule has 0 saturated heterocycles. The first-order valence-electron chi connectivity index (χ1n) is 7.78. The Labute approximate surface area is 140 Å². The number of imidazole rings is 1. The molecule has 1 N–H and O–H groups in total. The number of phenols is 1. The maximum Gasteiger partial charge on any atom is 0.268 e. The van der Waals surface area contributed by atoms with Gasteiger partial charge in [-0.2, -0.15) is 0 Å². The van der Waals surface area contributed by atoms with E-state index in [1.54, 1.807) is 16.7 Å². The summed E-state index contributed by atoms with van der Waals surface area (Å²) in [5.41, 5.74) is 4.06. The van der Waals surface area contributed by atoms with Gasteiger partial charge >= 0.3 is 0 Å². The number of benzene rings is 3. The zero-order valence-corrected chi connectivity index (χ0v) is 13.0. The predicted octanol–water partition coefficient (Wildman–Crippen LogP) is 3.93. The van der Waals surface area contributed by atoms with Crippen LogP contribution in [0.2, 0.25) is 0 Å². The minimum atomic E-state index is 0.231. The summed E-state index contributed by atoms with van der Waals surface area (Å²) in [6.45, 7) is 0. The summed E-state index contributed by atoms with van der Waals surface area (Å²) < 4.78 is 3.70. The molecule has 0 spiro atoms. The molecule has 0 aliphatic rings. The highest BCUT2D eigenvalue weighted by molar-refractivity contribution is 5.65. The fraction of sp³-hybridized carbons (Fsp3) is 0. The van der Waals surface area contributed by atoms with Crippen molar-refractivity contribution >= 4 is 0 Å². The van der Waals surface area contributed by atoms with Crippen LogP contribution in [0.1, 0.15) is 0 Å². The van der Waals surface area contributed by atoms with Gasteiger partial charge in [0.15, 0.2) is 0 Å². The molecule has 24 heavy (non-hydrogen) atoms. The van der Waals surface area contributed by atoms with Crippen molar-refractivity contribution in [3.05, 3.63) is 97.6 Å². The molecule has 0 amide bonds. The highest BCUT2D eigenvalue weighted by atomic mass is 16.3. The fourth-order valence-corrected chi connectivity index (χ4v) is 2.73. The number of aromatic hydroxyl groups is 1. The predicted molar refractivity (Wildman–Crippen MR) is 93.2 cm³/mol. The van der Waals surface area contributed by atoms with E-state index in [0.29, 0.717) is 5.69 Å². The van der Waals surface area contributed by atoms with Crippen molar-refractivity contribution in [2.24, 2.45) is 0 Å². The Morgan fingerprint density at radius 1 is 0.792 bits per heavy atom. The second-order valence-corrected chi connectivity index (χ2v) is 5.54. The molecule has 0 unspecified atom stereocenters. The molecule has 0 fully saturated rings. The summed E-state index contributed by atoms with van der Waals surface area (Å²) >= 11 is 0. The van der Waals surface area contributed by atoms with Crippen molar-refractivity contribution in [2.75, 3.05) is 0 Å². The zero-order valence-electron chi connectivity index (χ0n) is 13.0. The summed E-state index contributed by atoms with van der Waals surface area (Å²) in [5, 5.41) is 9.99. The van der Waals surface area contributed by atoms with Crippen LogP contribution in [0.25, 0.3) is 22.5 Å². The average molecular weight is 312 g/mol. The molecule has 116 valence electrons. The monoisotopic (exact) mass is 312 g/mol. The maximum atomic E-state index is 9.99. The van der Waals surface area contributed by atoms with E-state index in [9.17, 15) is 5.11 Å². The van der Waals surface area contributed by atoms with E-state index in [4.69, 9.17) is 0 Å².